The third-order valence-corrected chi connectivity index (χ3v) is 6.53. The first-order valence-electron chi connectivity index (χ1n) is 9.20. The molecule has 7 nitrogen and oxygen atoms in total. The molecule has 1 aromatic carbocycles. The molecule has 8 heteroatoms. The van der Waals surface area contributed by atoms with E-state index < -0.39 is 15.9 Å². The lowest BCUT2D eigenvalue weighted by molar-refractivity contribution is 0.0496. The Bertz CT molecular complexity index is 890. The normalized spacial score (nSPS) is 19.6. The molecule has 2 aromatic rings. The van der Waals surface area contributed by atoms with E-state index in [1.807, 2.05) is 24.0 Å². The van der Waals surface area contributed by atoms with Gasteiger partial charge < -0.3 is 14.3 Å². The highest BCUT2D eigenvalue weighted by Crippen LogP contribution is 2.21. The summed E-state index contributed by atoms with van der Waals surface area (Å²) in [5.74, 6) is 2.34. The van der Waals surface area contributed by atoms with Crippen molar-refractivity contribution in [3.05, 3.63) is 53.5 Å². The predicted octanol–water partition coefficient (Wildman–Crippen LogP) is 1.83. The van der Waals surface area contributed by atoms with Gasteiger partial charge in [-0.15, -0.1) is 0 Å². The van der Waals surface area contributed by atoms with Crippen LogP contribution in [0, 0.1) is 6.92 Å². The summed E-state index contributed by atoms with van der Waals surface area (Å²) in [6.07, 6.45) is 0.496. The largest absolute Gasteiger partial charge is 0.491 e. The number of rotatable bonds is 9. The quantitative estimate of drug-likeness (QED) is 0.634. The number of hydrogen-bond acceptors (Lipinski definition) is 7. The van der Waals surface area contributed by atoms with Crippen LogP contribution in [0.2, 0.25) is 0 Å². The monoisotopic (exact) mass is 407 g/mol. The van der Waals surface area contributed by atoms with Crippen molar-refractivity contribution in [2.45, 2.75) is 32.0 Å². The van der Waals surface area contributed by atoms with Crippen molar-refractivity contribution in [1.82, 2.24) is 4.90 Å². The van der Waals surface area contributed by atoms with Crippen LogP contribution in [0.5, 0.6) is 5.75 Å². The fraction of sp³-hybridized carbons (Fsp3) is 0.450. The van der Waals surface area contributed by atoms with E-state index in [0.29, 0.717) is 24.3 Å². The Morgan fingerprint density at radius 3 is 2.61 bits per heavy atom. The summed E-state index contributed by atoms with van der Waals surface area (Å²) in [7, 11) is -3.04. The molecule has 2 heterocycles. The molecule has 2 atom stereocenters. The number of aryl methyl sites for hydroxylation is 1. The van der Waals surface area contributed by atoms with E-state index in [4.69, 9.17) is 9.15 Å². The highest BCUT2D eigenvalue weighted by molar-refractivity contribution is 7.91. The molecule has 0 spiro atoms. The fourth-order valence-electron chi connectivity index (χ4n) is 3.33. The molecule has 0 aliphatic carbocycles. The SMILES string of the molecule is Cc1ccc(CN(CC(O)COc2ccc(C=O)cc2)C2CCS(=O)(=O)C2)o1. The lowest BCUT2D eigenvalue weighted by Crippen LogP contribution is -2.42. The molecule has 0 saturated carbocycles. The maximum atomic E-state index is 11.9. The average Bonchev–Trinajstić information content (AvgIpc) is 3.24. The van der Waals surface area contributed by atoms with Gasteiger partial charge in [0.05, 0.1) is 18.1 Å². The Labute approximate surface area is 164 Å². The number of sulfone groups is 1. The predicted molar refractivity (Wildman–Crippen MR) is 104 cm³/mol. The number of hydrogen-bond donors (Lipinski definition) is 1. The van der Waals surface area contributed by atoms with Crippen molar-refractivity contribution in [3.8, 4) is 5.75 Å². The number of carbonyl (C=O) groups excluding carboxylic acids is 1. The zero-order valence-corrected chi connectivity index (χ0v) is 16.6. The molecule has 0 bridgehead atoms. The van der Waals surface area contributed by atoms with E-state index in [1.54, 1.807) is 24.3 Å². The summed E-state index contributed by atoms with van der Waals surface area (Å²) in [4.78, 5) is 12.6. The van der Waals surface area contributed by atoms with Gasteiger partial charge in [0, 0.05) is 18.2 Å². The molecule has 1 aliphatic heterocycles. The summed E-state index contributed by atoms with van der Waals surface area (Å²) in [5.41, 5.74) is 0.551. The van der Waals surface area contributed by atoms with E-state index in [0.717, 1.165) is 17.8 Å². The molecule has 1 aliphatic rings. The van der Waals surface area contributed by atoms with Crippen LogP contribution in [0.3, 0.4) is 0 Å². The van der Waals surface area contributed by atoms with Crippen LogP contribution in [0.15, 0.2) is 40.8 Å². The zero-order valence-electron chi connectivity index (χ0n) is 15.8. The number of furan rings is 1. The Hall–Kier alpha value is -2.16. The summed E-state index contributed by atoms with van der Waals surface area (Å²) in [6.45, 7) is 2.62. The van der Waals surface area contributed by atoms with Crippen LogP contribution in [0.25, 0.3) is 0 Å². The van der Waals surface area contributed by atoms with Gasteiger partial charge in [-0.2, -0.15) is 0 Å². The van der Waals surface area contributed by atoms with Crippen LogP contribution in [-0.2, 0) is 16.4 Å². The van der Waals surface area contributed by atoms with Crippen LogP contribution in [0.4, 0.5) is 0 Å². The van der Waals surface area contributed by atoms with Crippen molar-refractivity contribution < 1.29 is 27.5 Å². The Morgan fingerprint density at radius 2 is 2.04 bits per heavy atom. The lowest BCUT2D eigenvalue weighted by Gasteiger charge is -2.29. The molecule has 3 rings (SSSR count). The van der Waals surface area contributed by atoms with Gasteiger partial charge >= 0.3 is 0 Å². The van der Waals surface area contributed by atoms with Crippen LogP contribution in [0.1, 0.15) is 28.3 Å². The van der Waals surface area contributed by atoms with Crippen LogP contribution >= 0.6 is 0 Å². The second kappa shape index (κ2) is 8.89. The minimum absolute atomic E-state index is 0.0631. The van der Waals surface area contributed by atoms with Crippen molar-refractivity contribution in [1.29, 1.82) is 0 Å². The van der Waals surface area contributed by atoms with Gasteiger partial charge in [-0.25, -0.2) is 8.42 Å². The molecule has 28 heavy (non-hydrogen) atoms. The van der Waals surface area contributed by atoms with E-state index in [2.05, 4.69) is 0 Å². The second-order valence-electron chi connectivity index (χ2n) is 7.15. The second-order valence-corrected chi connectivity index (χ2v) is 9.38. The zero-order chi connectivity index (χ0) is 20.1. The maximum absolute atomic E-state index is 11.9. The molecule has 1 fully saturated rings. The number of ether oxygens (including phenoxy) is 1. The van der Waals surface area contributed by atoms with Crippen molar-refractivity contribution in [3.63, 3.8) is 0 Å². The molecule has 1 N–H and O–H groups in total. The molecule has 1 aromatic heterocycles. The Morgan fingerprint density at radius 1 is 1.29 bits per heavy atom. The lowest BCUT2D eigenvalue weighted by atomic mass is 10.2. The molecular formula is C20H25NO6S. The van der Waals surface area contributed by atoms with Gasteiger partial charge in [0.25, 0.3) is 0 Å². The van der Waals surface area contributed by atoms with Gasteiger partial charge in [-0.05, 0) is 49.7 Å². The molecular weight excluding hydrogens is 382 g/mol. The van der Waals surface area contributed by atoms with E-state index in [1.165, 1.54) is 0 Å². The Balaban J connectivity index is 1.61. The van der Waals surface area contributed by atoms with Gasteiger partial charge in [0.2, 0.25) is 0 Å². The minimum Gasteiger partial charge on any atom is -0.491 e. The summed E-state index contributed by atoms with van der Waals surface area (Å²) >= 11 is 0. The number of nitrogens with zero attached hydrogens (tertiary/aromatic N) is 1. The number of carbonyl (C=O) groups is 1. The van der Waals surface area contributed by atoms with Gasteiger partial charge in [0.15, 0.2) is 9.84 Å². The number of benzene rings is 1. The first-order chi connectivity index (χ1) is 13.3. The van der Waals surface area contributed by atoms with Crippen molar-refractivity contribution in [2.75, 3.05) is 24.7 Å². The highest BCUT2D eigenvalue weighted by Gasteiger charge is 2.33. The van der Waals surface area contributed by atoms with Gasteiger partial charge in [-0.3, -0.25) is 9.69 Å². The van der Waals surface area contributed by atoms with Crippen molar-refractivity contribution >= 4 is 16.1 Å². The maximum Gasteiger partial charge on any atom is 0.151 e. The molecule has 0 radical (unpaired) electrons. The molecule has 1 saturated heterocycles. The smallest absolute Gasteiger partial charge is 0.151 e. The third kappa shape index (κ3) is 5.67. The van der Waals surface area contributed by atoms with E-state index in [-0.39, 0.29) is 30.7 Å². The topological polar surface area (TPSA) is 97.0 Å². The summed E-state index contributed by atoms with van der Waals surface area (Å²) < 4.78 is 35.0. The highest BCUT2D eigenvalue weighted by atomic mass is 32.2. The standard InChI is InChI=1S/C20H25NO6S/c1-15-2-5-20(27-15)11-21(17-8-9-28(24,25)14-17)10-18(23)13-26-19-6-3-16(12-22)4-7-19/h2-7,12,17-18,23H,8-11,13-14H2,1H3. The van der Waals surface area contributed by atoms with Crippen LogP contribution < -0.4 is 4.74 Å². The summed E-state index contributed by atoms with van der Waals surface area (Å²) in [6, 6.07) is 10.2. The van der Waals surface area contributed by atoms with Crippen LogP contribution in [-0.4, -0.2) is 61.5 Å². The van der Waals surface area contributed by atoms with E-state index in [9.17, 15) is 18.3 Å². The number of aliphatic hydroxyl groups excluding tert-OH is 1. The first kappa shape index (κ1) is 20.6. The number of aldehydes is 1. The van der Waals surface area contributed by atoms with Gasteiger partial charge in [-0.1, -0.05) is 0 Å². The van der Waals surface area contributed by atoms with E-state index >= 15 is 0 Å². The fourth-order valence-corrected chi connectivity index (χ4v) is 5.10. The molecule has 0 amide bonds. The molecule has 2 unspecified atom stereocenters. The minimum atomic E-state index is -3.04. The summed E-state index contributed by atoms with van der Waals surface area (Å²) in [5, 5.41) is 10.5. The Kier molecular flexibility index (Phi) is 6.53. The third-order valence-electron chi connectivity index (χ3n) is 4.78. The first-order valence-corrected chi connectivity index (χ1v) is 11.0. The average molecular weight is 407 g/mol. The number of aliphatic hydroxyl groups is 1. The van der Waals surface area contributed by atoms with Gasteiger partial charge in [0.1, 0.15) is 36.3 Å². The molecule has 152 valence electrons. The van der Waals surface area contributed by atoms with Crippen molar-refractivity contribution in [2.24, 2.45) is 0 Å².